The summed E-state index contributed by atoms with van der Waals surface area (Å²) < 4.78 is 4.20. The van der Waals surface area contributed by atoms with Gasteiger partial charge in [-0.3, -0.25) is 4.99 Å². The van der Waals surface area contributed by atoms with Gasteiger partial charge in [0.15, 0.2) is 10.3 Å². The van der Waals surface area contributed by atoms with Crippen LogP contribution in [-0.2, 0) is 27.2 Å². The molecule has 1 N–H and O–H groups in total. The molecule has 0 aliphatic carbocycles. The van der Waals surface area contributed by atoms with Gasteiger partial charge in [0.25, 0.3) is 0 Å². The Morgan fingerprint density at radius 1 is 1.00 bits per heavy atom. The molecule has 3 aromatic rings. The van der Waals surface area contributed by atoms with Crippen LogP contribution >= 0.6 is 12.2 Å². The number of rotatable bonds is 5. The van der Waals surface area contributed by atoms with Crippen LogP contribution in [0.25, 0.3) is 0 Å². The summed E-state index contributed by atoms with van der Waals surface area (Å²) in [5.41, 5.74) is 4.51. The zero-order chi connectivity index (χ0) is 20.1. The van der Waals surface area contributed by atoms with Crippen LogP contribution in [0.1, 0.15) is 22.3 Å². The largest absolute Gasteiger partial charge is 0.366 e. The SMILES string of the molecule is Cc1ccc(CNc2c(C#N)c(=NCc3ccccc3)n(C)c(=S)n2C)cc1. The van der Waals surface area contributed by atoms with Gasteiger partial charge >= 0.3 is 0 Å². The second kappa shape index (κ2) is 8.68. The number of anilines is 1. The van der Waals surface area contributed by atoms with E-state index in [2.05, 4.69) is 42.6 Å². The van der Waals surface area contributed by atoms with E-state index >= 15 is 0 Å². The van der Waals surface area contributed by atoms with Crippen LogP contribution in [0.3, 0.4) is 0 Å². The van der Waals surface area contributed by atoms with Crippen LogP contribution in [0.4, 0.5) is 5.82 Å². The minimum atomic E-state index is 0.488. The average Bonchev–Trinajstić information content (AvgIpc) is 2.72. The first kappa shape index (κ1) is 19.6. The maximum atomic E-state index is 9.86. The fraction of sp³-hybridized carbons (Fsp3) is 0.227. The number of benzene rings is 2. The number of aromatic nitrogens is 2. The van der Waals surface area contributed by atoms with Crippen LogP contribution < -0.4 is 10.8 Å². The number of nitrogens with one attached hydrogen (secondary N) is 1. The molecule has 6 heteroatoms. The van der Waals surface area contributed by atoms with Gasteiger partial charge in [0, 0.05) is 20.6 Å². The lowest BCUT2D eigenvalue weighted by atomic mass is 10.1. The lowest BCUT2D eigenvalue weighted by molar-refractivity contribution is 0.693. The summed E-state index contributed by atoms with van der Waals surface area (Å²) in [5.74, 6) is 0.679. The van der Waals surface area contributed by atoms with Gasteiger partial charge in [0.2, 0.25) is 0 Å². The lowest BCUT2D eigenvalue weighted by Crippen LogP contribution is -2.28. The molecule has 5 nitrogen and oxygen atoms in total. The molecule has 142 valence electrons. The standard InChI is InChI=1S/C22H23N5S/c1-16-9-11-18(12-10-16)15-25-21-19(13-23)20(26(2)22(28)27(21)3)24-14-17-7-5-4-6-8-17/h4-12,25H,14-15H2,1-3H3. The Bertz CT molecular complexity index is 1130. The molecule has 0 saturated carbocycles. The van der Waals surface area contributed by atoms with Gasteiger partial charge in [0.05, 0.1) is 6.54 Å². The van der Waals surface area contributed by atoms with Crippen LogP contribution in [-0.4, -0.2) is 9.13 Å². The van der Waals surface area contributed by atoms with E-state index < -0.39 is 0 Å². The van der Waals surface area contributed by atoms with Gasteiger partial charge in [0.1, 0.15) is 17.5 Å². The van der Waals surface area contributed by atoms with Crippen molar-refractivity contribution in [1.29, 1.82) is 5.26 Å². The summed E-state index contributed by atoms with van der Waals surface area (Å²) in [6.07, 6.45) is 0. The van der Waals surface area contributed by atoms with Crippen LogP contribution in [0.2, 0.25) is 0 Å². The van der Waals surface area contributed by atoms with E-state index in [4.69, 9.17) is 17.2 Å². The first-order valence-corrected chi connectivity index (χ1v) is 9.46. The third-order valence-corrected chi connectivity index (χ3v) is 5.18. The molecule has 0 amide bonds. The minimum absolute atomic E-state index is 0.488. The van der Waals surface area contributed by atoms with Crippen molar-refractivity contribution in [1.82, 2.24) is 9.13 Å². The highest BCUT2D eigenvalue weighted by Crippen LogP contribution is 2.13. The molecule has 0 fully saturated rings. The average molecular weight is 390 g/mol. The summed E-state index contributed by atoms with van der Waals surface area (Å²) in [4.78, 5) is 4.70. The van der Waals surface area contributed by atoms with Gasteiger partial charge in [-0.15, -0.1) is 0 Å². The Hall–Kier alpha value is -3.17. The first-order chi connectivity index (χ1) is 13.5. The van der Waals surface area contributed by atoms with E-state index in [0.717, 1.165) is 11.1 Å². The maximum absolute atomic E-state index is 9.86. The highest BCUT2D eigenvalue weighted by Gasteiger charge is 2.12. The van der Waals surface area contributed by atoms with Crippen molar-refractivity contribution in [2.75, 3.05) is 5.32 Å². The fourth-order valence-electron chi connectivity index (χ4n) is 2.99. The van der Waals surface area contributed by atoms with Crippen molar-refractivity contribution in [3.8, 4) is 6.07 Å². The molecule has 1 aromatic heterocycles. The number of hydrogen-bond donors (Lipinski definition) is 1. The Morgan fingerprint density at radius 3 is 2.32 bits per heavy atom. The Kier molecular flexibility index (Phi) is 6.07. The second-order valence-corrected chi connectivity index (χ2v) is 7.07. The molecule has 0 unspecified atom stereocenters. The summed E-state index contributed by atoms with van der Waals surface area (Å²) >= 11 is 5.57. The van der Waals surface area contributed by atoms with Gasteiger partial charge < -0.3 is 14.5 Å². The van der Waals surface area contributed by atoms with E-state index in [1.54, 1.807) is 4.57 Å². The fourth-order valence-corrected chi connectivity index (χ4v) is 3.17. The highest BCUT2D eigenvalue weighted by atomic mass is 32.1. The maximum Gasteiger partial charge on any atom is 0.182 e. The topological polar surface area (TPSA) is 58.0 Å². The Balaban J connectivity index is 2.02. The smallest absolute Gasteiger partial charge is 0.182 e. The molecule has 2 aromatic carbocycles. The van der Waals surface area contributed by atoms with Crippen molar-refractivity contribution in [3.63, 3.8) is 0 Å². The molecule has 0 aliphatic rings. The number of aryl methyl sites for hydroxylation is 1. The monoisotopic (exact) mass is 389 g/mol. The summed E-state index contributed by atoms with van der Waals surface area (Å²) in [6.45, 7) is 3.15. The van der Waals surface area contributed by atoms with Crippen molar-refractivity contribution < 1.29 is 0 Å². The van der Waals surface area contributed by atoms with Crippen molar-refractivity contribution >= 4 is 18.0 Å². The Labute approximate surface area is 170 Å². The Morgan fingerprint density at radius 2 is 1.68 bits per heavy atom. The zero-order valence-electron chi connectivity index (χ0n) is 16.3. The summed E-state index contributed by atoms with van der Waals surface area (Å²) in [5, 5.41) is 13.2. The van der Waals surface area contributed by atoms with Crippen molar-refractivity contribution in [2.45, 2.75) is 20.0 Å². The molecule has 0 atom stereocenters. The quantitative estimate of drug-likeness (QED) is 0.672. The highest BCUT2D eigenvalue weighted by molar-refractivity contribution is 7.71. The minimum Gasteiger partial charge on any atom is -0.366 e. The van der Waals surface area contributed by atoms with E-state index in [9.17, 15) is 5.26 Å². The number of nitrogens with zero attached hydrogens (tertiary/aromatic N) is 4. The van der Waals surface area contributed by atoms with Gasteiger partial charge in [-0.1, -0.05) is 60.2 Å². The molecular formula is C22H23N5S. The van der Waals surface area contributed by atoms with Crippen LogP contribution in [0.5, 0.6) is 0 Å². The lowest BCUT2D eigenvalue weighted by Gasteiger charge is -2.17. The molecule has 28 heavy (non-hydrogen) atoms. The first-order valence-electron chi connectivity index (χ1n) is 9.05. The predicted molar refractivity (Wildman–Crippen MR) is 114 cm³/mol. The molecule has 0 aliphatic heterocycles. The predicted octanol–water partition coefficient (Wildman–Crippen LogP) is 3.99. The van der Waals surface area contributed by atoms with Gasteiger partial charge in [-0.2, -0.15) is 5.26 Å². The van der Waals surface area contributed by atoms with Crippen LogP contribution in [0.15, 0.2) is 59.6 Å². The number of hydrogen-bond acceptors (Lipinski definition) is 4. The van der Waals surface area contributed by atoms with E-state index in [1.165, 1.54) is 5.56 Å². The zero-order valence-corrected chi connectivity index (χ0v) is 17.1. The molecule has 3 rings (SSSR count). The summed E-state index contributed by atoms with van der Waals surface area (Å²) in [6, 6.07) is 20.6. The van der Waals surface area contributed by atoms with E-state index in [-0.39, 0.29) is 0 Å². The number of nitriles is 1. The van der Waals surface area contributed by atoms with Gasteiger partial charge in [-0.05, 0) is 30.3 Å². The third-order valence-electron chi connectivity index (χ3n) is 4.63. The van der Waals surface area contributed by atoms with Crippen molar-refractivity contribution in [3.05, 3.63) is 87.1 Å². The van der Waals surface area contributed by atoms with Gasteiger partial charge in [-0.25, -0.2) is 0 Å². The van der Waals surface area contributed by atoms with E-state index in [0.29, 0.717) is 34.7 Å². The van der Waals surface area contributed by atoms with Crippen molar-refractivity contribution in [2.24, 2.45) is 19.1 Å². The normalized spacial score (nSPS) is 11.3. The summed E-state index contributed by atoms with van der Waals surface area (Å²) in [7, 11) is 3.71. The van der Waals surface area contributed by atoms with Crippen LogP contribution in [0, 0.1) is 23.0 Å². The molecule has 0 saturated heterocycles. The molecular weight excluding hydrogens is 366 g/mol. The second-order valence-electron chi connectivity index (χ2n) is 6.70. The van der Waals surface area contributed by atoms with E-state index in [1.807, 2.05) is 49.0 Å². The molecule has 0 spiro atoms. The molecule has 1 heterocycles. The molecule has 0 bridgehead atoms. The molecule has 0 radical (unpaired) electrons. The third kappa shape index (κ3) is 4.21.